The van der Waals surface area contributed by atoms with E-state index >= 15 is 0 Å². The number of fused-ring (bicyclic) bond motifs is 3. The summed E-state index contributed by atoms with van der Waals surface area (Å²) in [6.07, 6.45) is 7.65. The van der Waals surface area contributed by atoms with E-state index in [0.29, 0.717) is 0 Å². The fraction of sp³-hybridized carbons (Fsp3) is 0.0556. The van der Waals surface area contributed by atoms with E-state index in [1.54, 1.807) is 0 Å². The molecular formula is C18H13Hf-. The van der Waals surface area contributed by atoms with Crippen molar-refractivity contribution < 1.29 is 25.8 Å². The first-order chi connectivity index (χ1) is 8.93. The molecule has 0 radical (unpaired) electrons. The van der Waals surface area contributed by atoms with Crippen molar-refractivity contribution in [1.82, 2.24) is 0 Å². The quantitative estimate of drug-likeness (QED) is 0.391. The Labute approximate surface area is 131 Å². The van der Waals surface area contributed by atoms with Gasteiger partial charge in [0.15, 0.2) is 0 Å². The maximum Gasteiger partial charge on any atom is 0 e. The minimum Gasteiger partial charge on any atom is -0.126 e. The molecule has 3 aromatic carbocycles. The molecule has 1 aliphatic rings. The molecule has 0 amide bonds. The molecule has 0 aliphatic heterocycles. The molecule has 1 aliphatic carbocycles. The zero-order valence-electron chi connectivity index (χ0n) is 10.6. The van der Waals surface area contributed by atoms with Gasteiger partial charge in [-0.3, -0.25) is 0 Å². The van der Waals surface area contributed by atoms with Crippen LogP contribution < -0.4 is 0 Å². The van der Waals surface area contributed by atoms with Crippen molar-refractivity contribution in [3.8, 4) is 0 Å². The number of rotatable bonds is 1. The molecule has 0 saturated heterocycles. The maximum atomic E-state index is 2.32. The SMILES string of the molecule is C1=CCC(c2cccc3c2[cH-]c2ccccc23)=C1.[Hf]. The summed E-state index contributed by atoms with van der Waals surface area (Å²) < 4.78 is 0. The molecule has 0 spiro atoms. The maximum absolute atomic E-state index is 2.32. The zero-order chi connectivity index (χ0) is 11.9. The van der Waals surface area contributed by atoms with Crippen molar-refractivity contribution in [1.29, 1.82) is 0 Å². The second-order valence-electron chi connectivity index (χ2n) is 4.82. The van der Waals surface area contributed by atoms with E-state index < -0.39 is 0 Å². The van der Waals surface area contributed by atoms with E-state index in [-0.39, 0.29) is 25.8 Å². The Morgan fingerprint density at radius 3 is 2.58 bits per heavy atom. The van der Waals surface area contributed by atoms with Crippen molar-refractivity contribution in [2.24, 2.45) is 0 Å². The van der Waals surface area contributed by atoms with E-state index in [1.165, 1.54) is 32.7 Å². The Hall–Kier alpha value is -1.34. The molecule has 0 fully saturated rings. The largest absolute Gasteiger partial charge is 0.126 e. The first kappa shape index (κ1) is 12.7. The first-order valence-electron chi connectivity index (χ1n) is 6.37. The fourth-order valence-electron chi connectivity index (χ4n) is 2.91. The van der Waals surface area contributed by atoms with E-state index in [4.69, 9.17) is 0 Å². The van der Waals surface area contributed by atoms with Gasteiger partial charge in [0.25, 0.3) is 0 Å². The monoisotopic (exact) mass is 409 g/mol. The van der Waals surface area contributed by atoms with E-state index in [2.05, 4.69) is 66.8 Å². The molecule has 90 valence electrons. The number of hydrogen-bond donors (Lipinski definition) is 0. The molecule has 0 atom stereocenters. The van der Waals surface area contributed by atoms with Gasteiger partial charge in [0.2, 0.25) is 0 Å². The number of allylic oxidation sites excluding steroid dienone is 4. The Morgan fingerprint density at radius 1 is 0.895 bits per heavy atom. The molecule has 0 bridgehead atoms. The van der Waals surface area contributed by atoms with E-state index in [0.717, 1.165) is 6.42 Å². The summed E-state index contributed by atoms with van der Waals surface area (Å²) in [6, 6.07) is 17.6. The summed E-state index contributed by atoms with van der Waals surface area (Å²) in [5, 5.41) is 5.46. The molecule has 19 heavy (non-hydrogen) atoms. The minimum atomic E-state index is 0. The smallest absolute Gasteiger partial charge is 0 e. The van der Waals surface area contributed by atoms with Gasteiger partial charge in [-0.15, -0.1) is 33.7 Å². The van der Waals surface area contributed by atoms with Gasteiger partial charge in [-0.05, 0) is 6.42 Å². The third-order valence-electron chi connectivity index (χ3n) is 3.77. The molecule has 3 aromatic rings. The van der Waals surface area contributed by atoms with Crippen LogP contribution >= 0.6 is 0 Å². The second-order valence-corrected chi connectivity index (χ2v) is 4.82. The predicted octanol–water partition coefficient (Wildman–Crippen LogP) is 5.05. The standard InChI is InChI=1S/C18H13.Hf/c1-2-7-13(6-1)15-10-5-11-17-16-9-4-3-8-14(16)12-18(15)17;/h1-6,8-12H,7H2;/q-1;. The molecule has 0 heterocycles. The Bertz CT molecular complexity index is 803. The first-order valence-corrected chi connectivity index (χ1v) is 6.37. The van der Waals surface area contributed by atoms with Crippen molar-refractivity contribution >= 4 is 27.1 Å². The fourth-order valence-corrected chi connectivity index (χ4v) is 2.91. The van der Waals surface area contributed by atoms with Crippen molar-refractivity contribution in [3.05, 3.63) is 72.3 Å². The Kier molecular flexibility index (Phi) is 3.32. The van der Waals surface area contributed by atoms with Gasteiger partial charge in [0.1, 0.15) is 0 Å². The number of hydrogen-bond acceptors (Lipinski definition) is 0. The van der Waals surface area contributed by atoms with Crippen molar-refractivity contribution in [3.63, 3.8) is 0 Å². The predicted molar refractivity (Wildman–Crippen MR) is 78.8 cm³/mol. The Morgan fingerprint density at radius 2 is 1.74 bits per heavy atom. The summed E-state index contributed by atoms with van der Waals surface area (Å²) in [5.74, 6) is 0. The average molecular weight is 408 g/mol. The average Bonchev–Trinajstić information content (AvgIpc) is 3.05. The molecular weight excluding hydrogens is 395 g/mol. The van der Waals surface area contributed by atoms with Crippen molar-refractivity contribution in [2.75, 3.05) is 0 Å². The van der Waals surface area contributed by atoms with Crippen LogP contribution in [0.3, 0.4) is 0 Å². The third-order valence-corrected chi connectivity index (χ3v) is 3.77. The molecule has 0 unspecified atom stereocenters. The van der Waals surface area contributed by atoms with Crippen LogP contribution in [0.15, 0.2) is 66.8 Å². The molecule has 4 rings (SSSR count). The van der Waals surface area contributed by atoms with Gasteiger partial charge in [-0.25, -0.2) is 0 Å². The molecule has 0 N–H and O–H groups in total. The number of benzene rings is 2. The second kappa shape index (κ2) is 4.97. The van der Waals surface area contributed by atoms with Crippen LogP contribution in [0.5, 0.6) is 0 Å². The summed E-state index contributed by atoms with van der Waals surface area (Å²) in [4.78, 5) is 0. The topological polar surface area (TPSA) is 0 Å². The van der Waals surface area contributed by atoms with Gasteiger partial charge in [0, 0.05) is 25.8 Å². The minimum absolute atomic E-state index is 0. The molecule has 1 heteroatoms. The Balaban J connectivity index is 0.00000110. The third kappa shape index (κ3) is 1.97. The van der Waals surface area contributed by atoms with Crippen LogP contribution in [0.2, 0.25) is 0 Å². The van der Waals surface area contributed by atoms with Crippen LogP contribution in [-0.4, -0.2) is 0 Å². The van der Waals surface area contributed by atoms with Gasteiger partial charge in [0.05, 0.1) is 0 Å². The molecule has 0 nitrogen and oxygen atoms in total. The zero-order valence-corrected chi connectivity index (χ0v) is 14.2. The van der Waals surface area contributed by atoms with E-state index in [1.807, 2.05) is 0 Å². The van der Waals surface area contributed by atoms with Gasteiger partial charge >= 0.3 is 0 Å². The van der Waals surface area contributed by atoms with Crippen LogP contribution in [0, 0.1) is 0 Å². The summed E-state index contributed by atoms with van der Waals surface area (Å²) in [7, 11) is 0. The summed E-state index contributed by atoms with van der Waals surface area (Å²) >= 11 is 0. The summed E-state index contributed by atoms with van der Waals surface area (Å²) in [6.45, 7) is 0. The van der Waals surface area contributed by atoms with Gasteiger partial charge in [-0.2, -0.15) is 0 Å². The normalized spacial score (nSPS) is 13.8. The van der Waals surface area contributed by atoms with Crippen molar-refractivity contribution in [2.45, 2.75) is 6.42 Å². The molecule has 0 saturated carbocycles. The van der Waals surface area contributed by atoms with Crippen LogP contribution in [0.25, 0.3) is 27.1 Å². The van der Waals surface area contributed by atoms with Crippen LogP contribution in [0.4, 0.5) is 0 Å². The summed E-state index contributed by atoms with van der Waals surface area (Å²) in [5.41, 5.74) is 2.81. The van der Waals surface area contributed by atoms with Crippen LogP contribution in [-0.2, 0) is 25.8 Å². The van der Waals surface area contributed by atoms with E-state index in [9.17, 15) is 0 Å². The van der Waals surface area contributed by atoms with Gasteiger partial charge in [-0.1, -0.05) is 65.8 Å². The van der Waals surface area contributed by atoms with Crippen LogP contribution in [0.1, 0.15) is 12.0 Å². The molecule has 0 aromatic heterocycles. The van der Waals surface area contributed by atoms with Gasteiger partial charge < -0.3 is 0 Å².